The van der Waals surface area contributed by atoms with Crippen molar-refractivity contribution in [2.24, 2.45) is 0 Å². The summed E-state index contributed by atoms with van der Waals surface area (Å²) in [5.41, 5.74) is 1.05. The van der Waals surface area contributed by atoms with E-state index < -0.39 is 10.0 Å². The molecular weight excluding hydrogens is 443 g/mol. The van der Waals surface area contributed by atoms with Crippen LogP contribution in [0.25, 0.3) is 0 Å². The van der Waals surface area contributed by atoms with Crippen molar-refractivity contribution in [3.05, 3.63) is 87.4 Å². The van der Waals surface area contributed by atoms with Gasteiger partial charge in [-0.05, 0) is 60.7 Å². The molecule has 3 aromatic rings. The van der Waals surface area contributed by atoms with E-state index in [9.17, 15) is 13.2 Å². The number of hydrogen-bond donors (Lipinski definition) is 2. The number of halogens is 3. The highest BCUT2D eigenvalue weighted by atomic mass is 35.5. The number of carbonyl (C=O) groups excluding carboxylic acids is 1. The third-order valence-electron chi connectivity index (χ3n) is 3.72. The summed E-state index contributed by atoms with van der Waals surface area (Å²) in [6.45, 7) is 0. The number of carbonyl (C=O) groups is 1. The Morgan fingerprint density at radius 1 is 0.821 bits per heavy atom. The fourth-order valence-electron chi connectivity index (χ4n) is 2.31. The number of rotatable bonds is 5. The molecule has 0 atom stereocenters. The topological polar surface area (TPSA) is 75.3 Å². The molecule has 0 aliphatic rings. The lowest BCUT2D eigenvalue weighted by Crippen LogP contribution is -2.14. The van der Waals surface area contributed by atoms with Gasteiger partial charge in [-0.25, -0.2) is 8.42 Å². The molecular formula is C19H13Cl3N2O3S. The van der Waals surface area contributed by atoms with Gasteiger partial charge in [0, 0.05) is 16.3 Å². The van der Waals surface area contributed by atoms with E-state index in [1.54, 1.807) is 36.4 Å². The van der Waals surface area contributed by atoms with Crippen molar-refractivity contribution in [2.75, 3.05) is 10.0 Å². The molecule has 3 rings (SSSR count). The van der Waals surface area contributed by atoms with E-state index in [2.05, 4.69) is 10.0 Å². The zero-order valence-corrected chi connectivity index (χ0v) is 17.2. The van der Waals surface area contributed by atoms with Gasteiger partial charge in [0.25, 0.3) is 15.9 Å². The zero-order chi connectivity index (χ0) is 20.3. The lowest BCUT2D eigenvalue weighted by molar-refractivity contribution is 0.102. The number of sulfonamides is 1. The van der Waals surface area contributed by atoms with Crippen LogP contribution in [0, 0.1) is 0 Å². The number of hydrogen-bond acceptors (Lipinski definition) is 3. The molecule has 5 nitrogen and oxygen atoms in total. The van der Waals surface area contributed by atoms with Gasteiger partial charge in [0.05, 0.1) is 20.6 Å². The third-order valence-corrected chi connectivity index (χ3v) is 6.18. The van der Waals surface area contributed by atoms with Crippen LogP contribution >= 0.6 is 34.8 Å². The summed E-state index contributed by atoms with van der Waals surface area (Å²) in [4.78, 5) is 12.2. The van der Waals surface area contributed by atoms with Crippen LogP contribution in [0.1, 0.15) is 10.4 Å². The summed E-state index contributed by atoms with van der Waals surface area (Å²) in [5.74, 6) is -0.337. The Morgan fingerprint density at radius 3 is 2.11 bits per heavy atom. The van der Waals surface area contributed by atoms with E-state index in [0.29, 0.717) is 16.3 Å². The molecule has 0 aliphatic carbocycles. The van der Waals surface area contributed by atoms with Crippen LogP contribution in [0.4, 0.5) is 11.4 Å². The normalized spacial score (nSPS) is 11.1. The van der Waals surface area contributed by atoms with Crippen LogP contribution in [0.2, 0.25) is 15.1 Å². The maximum atomic E-state index is 12.5. The standard InChI is InChI=1S/C19H13Cl3N2O3S/c20-13-6-4-12(5-7-13)19(25)23-14-8-10-15(11-9-14)28(26,27)24-17-3-1-2-16(21)18(17)22/h1-11,24H,(H,23,25). The number of nitrogens with one attached hydrogen (secondary N) is 2. The minimum Gasteiger partial charge on any atom is -0.322 e. The van der Waals surface area contributed by atoms with Crippen LogP contribution in [-0.2, 0) is 10.0 Å². The molecule has 0 unspecified atom stereocenters. The van der Waals surface area contributed by atoms with Crippen molar-refractivity contribution in [2.45, 2.75) is 4.90 Å². The summed E-state index contributed by atoms with van der Waals surface area (Å²) in [7, 11) is -3.88. The predicted octanol–water partition coefficient (Wildman–Crippen LogP) is 5.70. The van der Waals surface area contributed by atoms with Crippen molar-refractivity contribution in [3.8, 4) is 0 Å². The van der Waals surface area contributed by atoms with E-state index in [-0.39, 0.29) is 26.5 Å². The Balaban J connectivity index is 1.75. The van der Waals surface area contributed by atoms with Gasteiger partial charge in [0.1, 0.15) is 0 Å². The van der Waals surface area contributed by atoms with E-state index >= 15 is 0 Å². The summed E-state index contributed by atoms with van der Waals surface area (Å²) in [6.07, 6.45) is 0. The van der Waals surface area contributed by atoms with Crippen LogP contribution in [0.3, 0.4) is 0 Å². The first-order chi connectivity index (χ1) is 13.3. The largest absolute Gasteiger partial charge is 0.322 e. The second kappa shape index (κ2) is 8.41. The third kappa shape index (κ3) is 4.77. The summed E-state index contributed by atoms with van der Waals surface area (Å²) in [5, 5.41) is 3.56. The van der Waals surface area contributed by atoms with E-state index in [1.165, 1.54) is 30.3 Å². The Labute approximate surface area is 177 Å². The number of benzene rings is 3. The van der Waals surface area contributed by atoms with Crippen molar-refractivity contribution < 1.29 is 13.2 Å². The van der Waals surface area contributed by atoms with E-state index in [0.717, 1.165) is 0 Å². The molecule has 0 bridgehead atoms. The SMILES string of the molecule is O=C(Nc1ccc(S(=O)(=O)Nc2cccc(Cl)c2Cl)cc1)c1ccc(Cl)cc1. The van der Waals surface area contributed by atoms with E-state index in [4.69, 9.17) is 34.8 Å². The first-order valence-electron chi connectivity index (χ1n) is 7.90. The Morgan fingerprint density at radius 2 is 1.46 bits per heavy atom. The van der Waals surface area contributed by atoms with Gasteiger partial charge in [0.15, 0.2) is 0 Å². The molecule has 0 heterocycles. The molecule has 0 radical (unpaired) electrons. The molecule has 3 aromatic carbocycles. The maximum absolute atomic E-state index is 12.5. The highest BCUT2D eigenvalue weighted by Gasteiger charge is 2.17. The summed E-state index contributed by atoms with van der Waals surface area (Å²) >= 11 is 17.7. The van der Waals surface area contributed by atoms with Crippen molar-refractivity contribution in [3.63, 3.8) is 0 Å². The Hall–Kier alpha value is -2.25. The molecule has 0 fully saturated rings. The highest BCUT2D eigenvalue weighted by molar-refractivity contribution is 7.92. The first kappa shape index (κ1) is 20.5. The maximum Gasteiger partial charge on any atom is 0.261 e. The van der Waals surface area contributed by atoms with Gasteiger partial charge in [0.2, 0.25) is 0 Å². The van der Waals surface area contributed by atoms with Gasteiger partial charge in [-0.3, -0.25) is 9.52 Å². The minimum atomic E-state index is -3.88. The quantitative estimate of drug-likeness (QED) is 0.518. The lowest BCUT2D eigenvalue weighted by atomic mass is 10.2. The Bertz CT molecular complexity index is 1120. The van der Waals surface area contributed by atoms with Gasteiger partial charge < -0.3 is 5.32 Å². The molecule has 0 saturated carbocycles. The van der Waals surface area contributed by atoms with Crippen molar-refractivity contribution in [1.82, 2.24) is 0 Å². The summed E-state index contributed by atoms with van der Waals surface area (Å²) < 4.78 is 27.5. The second-order valence-corrected chi connectivity index (χ2v) is 8.60. The number of amides is 1. The number of anilines is 2. The Kier molecular flexibility index (Phi) is 6.15. The molecule has 9 heteroatoms. The van der Waals surface area contributed by atoms with Gasteiger partial charge in [-0.15, -0.1) is 0 Å². The first-order valence-corrected chi connectivity index (χ1v) is 10.5. The van der Waals surface area contributed by atoms with Crippen LogP contribution in [-0.4, -0.2) is 14.3 Å². The van der Waals surface area contributed by atoms with Crippen molar-refractivity contribution >= 4 is 62.1 Å². The molecule has 28 heavy (non-hydrogen) atoms. The molecule has 1 amide bonds. The van der Waals surface area contributed by atoms with Gasteiger partial charge in [-0.1, -0.05) is 40.9 Å². The van der Waals surface area contributed by atoms with Crippen LogP contribution in [0.5, 0.6) is 0 Å². The monoisotopic (exact) mass is 454 g/mol. The van der Waals surface area contributed by atoms with Gasteiger partial charge in [-0.2, -0.15) is 0 Å². The lowest BCUT2D eigenvalue weighted by Gasteiger charge is -2.11. The minimum absolute atomic E-state index is 0.00744. The molecule has 0 saturated heterocycles. The average Bonchev–Trinajstić information content (AvgIpc) is 2.66. The molecule has 0 aliphatic heterocycles. The predicted molar refractivity (Wildman–Crippen MR) is 113 cm³/mol. The molecule has 0 aromatic heterocycles. The fourth-order valence-corrected chi connectivity index (χ4v) is 3.91. The molecule has 0 spiro atoms. The summed E-state index contributed by atoms with van der Waals surface area (Å²) in [6, 6.07) is 16.8. The smallest absolute Gasteiger partial charge is 0.261 e. The molecule has 2 N–H and O–H groups in total. The van der Waals surface area contributed by atoms with Crippen molar-refractivity contribution in [1.29, 1.82) is 0 Å². The van der Waals surface area contributed by atoms with Crippen LogP contribution < -0.4 is 10.0 Å². The second-order valence-electron chi connectivity index (χ2n) is 5.69. The van der Waals surface area contributed by atoms with Crippen LogP contribution in [0.15, 0.2) is 71.6 Å². The zero-order valence-electron chi connectivity index (χ0n) is 14.1. The fraction of sp³-hybridized carbons (Fsp3) is 0. The average molecular weight is 456 g/mol. The molecule has 144 valence electrons. The van der Waals surface area contributed by atoms with Gasteiger partial charge >= 0.3 is 0 Å². The highest BCUT2D eigenvalue weighted by Crippen LogP contribution is 2.31. The van der Waals surface area contributed by atoms with E-state index in [1.807, 2.05) is 0 Å².